The summed E-state index contributed by atoms with van der Waals surface area (Å²) >= 11 is 0. The second-order valence-corrected chi connectivity index (χ2v) is 19.9. The Balaban J connectivity index is 4.29. The van der Waals surface area contributed by atoms with Gasteiger partial charge in [0.15, 0.2) is 6.10 Å². The van der Waals surface area contributed by atoms with Crippen molar-refractivity contribution in [3.63, 3.8) is 0 Å². The Morgan fingerprint density at radius 2 is 0.750 bits per heavy atom. The van der Waals surface area contributed by atoms with Crippen molar-refractivity contribution in [2.45, 2.75) is 200 Å². The molecule has 0 spiro atoms. The molecule has 0 aromatic rings. The van der Waals surface area contributed by atoms with Crippen molar-refractivity contribution in [2.75, 3.05) is 47.5 Å². The van der Waals surface area contributed by atoms with Crippen molar-refractivity contribution in [3.8, 4) is 0 Å². The highest BCUT2D eigenvalue weighted by Crippen LogP contribution is 2.12. The van der Waals surface area contributed by atoms with Gasteiger partial charge >= 0.3 is 17.9 Å². The van der Waals surface area contributed by atoms with Gasteiger partial charge in [-0.3, -0.25) is 9.59 Å². The number of nitrogens with zero attached hydrogens (tertiary/aromatic N) is 1. The predicted molar refractivity (Wildman–Crippen MR) is 322 cm³/mol. The number of ether oxygens (including phenoxy) is 4. The molecule has 1 N–H and O–H groups in total. The molecule has 0 rings (SSSR count). The maximum Gasteiger partial charge on any atom is 0.361 e. The summed E-state index contributed by atoms with van der Waals surface area (Å²) < 4.78 is 22.7. The molecule has 2 unspecified atom stereocenters. The van der Waals surface area contributed by atoms with Crippen LogP contribution in [0.5, 0.6) is 0 Å². The number of rotatable bonds is 51. The van der Waals surface area contributed by atoms with Crippen molar-refractivity contribution < 1.29 is 42.9 Å². The number of carboxylic acid groups (broad SMARTS) is 1. The molecule has 0 saturated heterocycles. The fourth-order valence-corrected chi connectivity index (χ4v) is 7.05. The third kappa shape index (κ3) is 56.6. The monoisotopic (exact) mass is 1050 g/mol. The molecule has 76 heavy (non-hydrogen) atoms. The Kier molecular flexibility index (Phi) is 52.4. The largest absolute Gasteiger partial charge is 0.477 e. The van der Waals surface area contributed by atoms with Gasteiger partial charge < -0.3 is 28.5 Å². The van der Waals surface area contributed by atoms with Gasteiger partial charge in [-0.25, -0.2) is 4.79 Å². The number of hydrogen-bond donors (Lipinski definition) is 1. The fourth-order valence-electron chi connectivity index (χ4n) is 7.05. The quantitative estimate of drug-likeness (QED) is 0.0211. The minimum absolute atomic E-state index is 0.169. The van der Waals surface area contributed by atoms with E-state index in [1.165, 1.54) is 19.3 Å². The molecule has 0 bridgehead atoms. The van der Waals surface area contributed by atoms with Crippen molar-refractivity contribution in [3.05, 3.63) is 158 Å². The van der Waals surface area contributed by atoms with E-state index in [1.807, 2.05) is 21.1 Å². The standard InChI is InChI=1S/C67H105NO8/c1-6-8-10-12-14-16-18-20-21-22-23-24-25-26-27-28-29-30-31-32-33-34-35-36-37-38-39-40-41-42-43-44-45-46-48-50-52-54-56-58-65(70)76-63(62-75-67(66(71)72)73-60-59-68(3,4)5)61-74-64(69)57-55-53-51-49-47-19-17-15-13-11-9-7-2/h8,10,14-17,20-21,23-24,26-27,29-30,32-33,35-36,38-39,41-42,44-45,48,50,63,67H,6-7,9,11-13,18-19,22,25,28,31,34,37,40,43,46-47,49,51-62H2,1-5H3/p+1/b10-8-,16-14-,17-15-,21-20-,24-23-,27-26-,30-29-,33-32-,36-35-,39-38-,42-41-,45-44-,50-48-. The van der Waals surface area contributed by atoms with Crippen LogP contribution in [0.4, 0.5) is 0 Å². The second kappa shape index (κ2) is 56.1. The number of carbonyl (C=O) groups is 3. The molecule has 0 aliphatic carbocycles. The van der Waals surface area contributed by atoms with Gasteiger partial charge in [0.1, 0.15) is 13.2 Å². The van der Waals surface area contributed by atoms with E-state index in [0.29, 0.717) is 17.4 Å². The number of carboxylic acids is 1. The first-order chi connectivity index (χ1) is 37.1. The summed E-state index contributed by atoms with van der Waals surface area (Å²) in [6.07, 6.45) is 80.6. The van der Waals surface area contributed by atoms with Crippen LogP contribution in [0.25, 0.3) is 0 Å². The average Bonchev–Trinajstić information content (AvgIpc) is 3.39. The number of hydrogen-bond acceptors (Lipinski definition) is 7. The molecule has 0 aromatic carbocycles. The Morgan fingerprint density at radius 3 is 1.16 bits per heavy atom. The first kappa shape index (κ1) is 70.9. The van der Waals surface area contributed by atoms with Crippen molar-refractivity contribution in [1.29, 1.82) is 0 Å². The average molecular weight is 1050 g/mol. The molecular weight excluding hydrogens is 947 g/mol. The SMILES string of the molecule is CC/C=C\C/C=C\C/C=C\C/C=C\C/C=C\C/C=C\C/C=C\C/C=C\C/C=C\C/C=C\C/C=C\C/C=C\CCCCC(=O)OC(COC(=O)CCCCCCC/C=C\CCCCC)COC(OCC[N+](C)(C)C)C(=O)O. The third-order valence-corrected chi connectivity index (χ3v) is 11.5. The zero-order chi connectivity index (χ0) is 55.5. The van der Waals surface area contributed by atoms with Gasteiger partial charge in [0.2, 0.25) is 0 Å². The summed E-state index contributed by atoms with van der Waals surface area (Å²) in [6.45, 7) is 4.63. The summed E-state index contributed by atoms with van der Waals surface area (Å²) in [6, 6.07) is 0. The first-order valence-electron chi connectivity index (χ1n) is 29.1. The lowest BCUT2D eigenvalue weighted by molar-refractivity contribution is -0.870. The molecule has 0 aromatic heterocycles. The minimum atomic E-state index is -1.53. The molecule has 0 fully saturated rings. The molecule has 0 aliphatic heterocycles. The smallest absolute Gasteiger partial charge is 0.361 e. The Bertz CT molecular complexity index is 1800. The fraction of sp³-hybridized carbons (Fsp3) is 0.567. The number of allylic oxidation sites excluding steroid dienone is 26. The summed E-state index contributed by atoms with van der Waals surface area (Å²) in [5.74, 6) is -2.10. The van der Waals surface area contributed by atoms with Gasteiger partial charge in [-0.05, 0) is 128 Å². The highest BCUT2D eigenvalue weighted by atomic mass is 16.7. The summed E-state index contributed by atoms with van der Waals surface area (Å²) in [5, 5.41) is 9.67. The van der Waals surface area contributed by atoms with Crippen LogP contribution in [0.1, 0.15) is 187 Å². The van der Waals surface area contributed by atoms with Crippen LogP contribution in [-0.2, 0) is 33.3 Å². The van der Waals surface area contributed by atoms with E-state index < -0.39 is 24.3 Å². The molecule has 0 radical (unpaired) electrons. The predicted octanol–water partition coefficient (Wildman–Crippen LogP) is 17.4. The maximum absolute atomic E-state index is 12.8. The molecule has 9 heteroatoms. The highest BCUT2D eigenvalue weighted by Gasteiger charge is 2.25. The molecule has 9 nitrogen and oxygen atoms in total. The Hall–Kier alpha value is -5.09. The molecule has 0 aliphatic rings. The summed E-state index contributed by atoms with van der Waals surface area (Å²) in [5.41, 5.74) is 0. The third-order valence-electron chi connectivity index (χ3n) is 11.5. The van der Waals surface area contributed by atoms with Crippen LogP contribution in [0.2, 0.25) is 0 Å². The van der Waals surface area contributed by atoms with E-state index in [0.717, 1.165) is 135 Å². The van der Waals surface area contributed by atoms with Crippen molar-refractivity contribution in [2.24, 2.45) is 0 Å². The van der Waals surface area contributed by atoms with Gasteiger partial charge in [0.05, 0.1) is 34.4 Å². The van der Waals surface area contributed by atoms with E-state index >= 15 is 0 Å². The van der Waals surface area contributed by atoms with Crippen LogP contribution >= 0.6 is 0 Å². The number of quaternary nitrogens is 1. The van der Waals surface area contributed by atoms with Gasteiger partial charge in [-0.15, -0.1) is 0 Å². The minimum Gasteiger partial charge on any atom is -0.477 e. The van der Waals surface area contributed by atoms with E-state index in [4.69, 9.17) is 18.9 Å². The molecule has 0 saturated carbocycles. The number of esters is 2. The topological polar surface area (TPSA) is 108 Å². The lowest BCUT2D eigenvalue weighted by atomic mass is 10.1. The first-order valence-corrected chi connectivity index (χ1v) is 29.1. The maximum atomic E-state index is 12.8. The summed E-state index contributed by atoms with van der Waals surface area (Å²) in [4.78, 5) is 37.3. The molecule has 0 heterocycles. The molecule has 426 valence electrons. The number of aliphatic carboxylic acids is 1. The van der Waals surface area contributed by atoms with Crippen LogP contribution in [-0.4, -0.2) is 87.4 Å². The van der Waals surface area contributed by atoms with Crippen LogP contribution in [0.3, 0.4) is 0 Å². The van der Waals surface area contributed by atoms with E-state index in [9.17, 15) is 19.5 Å². The molecular formula is C67H106NO8+. The summed E-state index contributed by atoms with van der Waals surface area (Å²) in [7, 11) is 5.93. The number of carbonyl (C=O) groups excluding carboxylic acids is 2. The lowest BCUT2D eigenvalue weighted by Crippen LogP contribution is -2.40. The van der Waals surface area contributed by atoms with Crippen molar-refractivity contribution >= 4 is 17.9 Å². The lowest BCUT2D eigenvalue weighted by Gasteiger charge is -2.25. The Labute approximate surface area is 464 Å². The zero-order valence-electron chi connectivity index (χ0n) is 48.3. The van der Waals surface area contributed by atoms with E-state index in [-0.39, 0.29) is 38.6 Å². The highest BCUT2D eigenvalue weighted by molar-refractivity contribution is 5.71. The van der Waals surface area contributed by atoms with Gasteiger partial charge in [-0.1, -0.05) is 204 Å². The van der Waals surface area contributed by atoms with Crippen LogP contribution in [0, 0.1) is 0 Å². The van der Waals surface area contributed by atoms with E-state index in [1.54, 1.807) is 0 Å². The zero-order valence-corrected chi connectivity index (χ0v) is 48.3. The number of unbranched alkanes of at least 4 members (excludes halogenated alkanes) is 10. The van der Waals surface area contributed by atoms with E-state index in [2.05, 4.69) is 172 Å². The second-order valence-electron chi connectivity index (χ2n) is 19.9. The van der Waals surface area contributed by atoms with Crippen LogP contribution < -0.4 is 0 Å². The molecule has 2 atom stereocenters. The molecule has 0 amide bonds. The Morgan fingerprint density at radius 1 is 0.408 bits per heavy atom. The van der Waals surface area contributed by atoms with Gasteiger partial charge in [0, 0.05) is 12.8 Å². The van der Waals surface area contributed by atoms with Crippen molar-refractivity contribution in [1.82, 2.24) is 0 Å². The number of likely N-dealkylation sites (N-methyl/N-ethyl adjacent to an activating group) is 1. The normalized spacial score (nSPS) is 14.0. The van der Waals surface area contributed by atoms with Crippen LogP contribution in [0.15, 0.2) is 158 Å². The van der Waals surface area contributed by atoms with Gasteiger partial charge in [-0.2, -0.15) is 0 Å². The van der Waals surface area contributed by atoms with Gasteiger partial charge in [0.25, 0.3) is 6.29 Å².